The number of hydrogen-bond acceptors (Lipinski definition) is 4. The summed E-state index contributed by atoms with van der Waals surface area (Å²) in [7, 11) is 3.02. The first kappa shape index (κ1) is 17.9. The van der Waals surface area contributed by atoms with Gasteiger partial charge in [0.25, 0.3) is 5.91 Å². The molecule has 1 atom stereocenters. The van der Waals surface area contributed by atoms with Crippen LogP contribution in [0.1, 0.15) is 11.1 Å². The van der Waals surface area contributed by atoms with Gasteiger partial charge in [-0.25, -0.2) is 9.86 Å². The van der Waals surface area contributed by atoms with Crippen LogP contribution in [-0.2, 0) is 27.4 Å². The second kappa shape index (κ2) is 8.01. The van der Waals surface area contributed by atoms with Crippen LogP contribution in [0, 0.1) is 5.92 Å². The first-order chi connectivity index (χ1) is 12.6. The second-order valence-electron chi connectivity index (χ2n) is 6.20. The number of hydrogen-bond donors (Lipinski definition) is 0. The van der Waals surface area contributed by atoms with Crippen molar-refractivity contribution in [1.82, 2.24) is 5.06 Å². The molecule has 1 aliphatic rings. The van der Waals surface area contributed by atoms with Gasteiger partial charge >= 0.3 is 6.09 Å². The molecule has 1 unspecified atom stereocenters. The summed E-state index contributed by atoms with van der Waals surface area (Å²) in [5.74, 6) is -0.540. The third-order valence-corrected chi connectivity index (χ3v) is 4.51. The minimum Gasteiger partial charge on any atom is -0.444 e. The van der Waals surface area contributed by atoms with Crippen LogP contribution < -0.4 is 4.90 Å². The van der Waals surface area contributed by atoms with E-state index < -0.39 is 6.09 Å². The molecule has 2 aromatic rings. The van der Waals surface area contributed by atoms with Gasteiger partial charge < -0.3 is 4.74 Å². The molecular weight excluding hydrogens is 332 g/mol. The third kappa shape index (κ3) is 3.86. The summed E-state index contributed by atoms with van der Waals surface area (Å²) in [4.78, 5) is 31.7. The van der Waals surface area contributed by atoms with Crippen molar-refractivity contribution < 1.29 is 19.2 Å². The van der Waals surface area contributed by atoms with Crippen LogP contribution in [0.2, 0.25) is 0 Å². The van der Waals surface area contributed by atoms with Crippen LogP contribution in [0.15, 0.2) is 54.6 Å². The van der Waals surface area contributed by atoms with Gasteiger partial charge in [0.1, 0.15) is 6.61 Å². The third-order valence-electron chi connectivity index (χ3n) is 4.51. The number of nitrogens with zero attached hydrogens (tertiary/aromatic N) is 2. The molecule has 136 valence electrons. The standard InChI is InChI=1S/C20H22N2O4/c1-21(25-2)19(23)17-12-16-10-6-7-11-18(16)22(13-17)20(24)26-14-15-8-4-3-5-9-15/h3-11,17H,12-14H2,1-2H3. The number of anilines is 1. The van der Waals surface area contributed by atoms with E-state index in [0.717, 1.165) is 16.8 Å². The molecule has 0 fully saturated rings. The molecule has 3 rings (SSSR count). The van der Waals surface area contributed by atoms with Gasteiger partial charge in [-0.2, -0.15) is 0 Å². The number of ether oxygens (including phenoxy) is 1. The highest BCUT2D eigenvalue weighted by Gasteiger charge is 2.34. The van der Waals surface area contributed by atoms with Gasteiger partial charge in [-0.1, -0.05) is 48.5 Å². The van der Waals surface area contributed by atoms with Crippen LogP contribution in [0.25, 0.3) is 0 Å². The van der Waals surface area contributed by atoms with Crippen molar-refractivity contribution in [3.63, 3.8) is 0 Å². The fourth-order valence-corrected chi connectivity index (χ4v) is 3.08. The first-order valence-electron chi connectivity index (χ1n) is 8.48. The van der Waals surface area contributed by atoms with Crippen molar-refractivity contribution in [1.29, 1.82) is 0 Å². The molecule has 0 bridgehead atoms. The van der Waals surface area contributed by atoms with E-state index in [1.807, 2.05) is 54.6 Å². The topological polar surface area (TPSA) is 59.1 Å². The Morgan fingerprint density at radius 2 is 1.81 bits per heavy atom. The number of para-hydroxylation sites is 1. The Kier molecular flexibility index (Phi) is 5.53. The number of carbonyl (C=O) groups is 2. The molecule has 6 heteroatoms. The number of benzene rings is 2. The number of amides is 2. The largest absolute Gasteiger partial charge is 0.444 e. The lowest BCUT2D eigenvalue weighted by Gasteiger charge is -2.34. The van der Waals surface area contributed by atoms with E-state index in [4.69, 9.17) is 9.57 Å². The summed E-state index contributed by atoms with van der Waals surface area (Å²) < 4.78 is 5.47. The smallest absolute Gasteiger partial charge is 0.414 e. The van der Waals surface area contributed by atoms with E-state index in [1.165, 1.54) is 17.1 Å². The van der Waals surface area contributed by atoms with Gasteiger partial charge in [-0.15, -0.1) is 0 Å². The predicted molar refractivity (Wildman–Crippen MR) is 97.4 cm³/mol. The molecule has 1 heterocycles. The summed E-state index contributed by atoms with van der Waals surface area (Å²) in [6.45, 7) is 0.450. The zero-order valence-corrected chi connectivity index (χ0v) is 14.9. The molecular formula is C20H22N2O4. The quantitative estimate of drug-likeness (QED) is 0.792. The Morgan fingerprint density at radius 1 is 1.12 bits per heavy atom. The number of hydroxylamine groups is 2. The molecule has 6 nitrogen and oxygen atoms in total. The molecule has 0 radical (unpaired) electrons. The lowest BCUT2D eigenvalue weighted by atomic mass is 9.92. The highest BCUT2D eigenvalue weighted by Crippen LogP contribution is 2.31. The minimum absolute atomic E-state index is 0.164. The van der Waals surface area contributed by atoms with E-state index in [-0.39, 0.29) is 25.0 Å². The van der Waals surface area contributed by atoms with Crippen LogP contribution in [0.5, 0.6) is 0 Å². The SMILES string of the molecule is CON(C)C(=O)C1Cc2ccccc2N(C(=O)OCc2ccccc2)C1. The molecule has 0 saturated heterocycles. The van der Waals surface area contributed by atoms with Crippen LogP contribution in [0.4, 0.5) is 10.5 Å². The summed E-state index contributed by atoms with van der Waals surface area (Å²) in [5.41, 5.74) is 2.64. The van der Waals surface area contributed by atoms with Gasteiger partial charge in [-0.3, -0.25) is 14.5 Å². The number of rotatable bonds is 4. The van der Waals surface area contributed by atoms with Crippen molar-refractivity contribution in [2.75, 3.05) is 25.6 Å². The molecule has 1 aliphatic heterocycles. The summed E-state index contributed by atoms with van der Waals surface area (Å²) >= 11 is 0. The van der Waals surface area contributed by atoms with Crippen LogP contribution in [0.3, 0.4) is 0 Å². The van der Waals surface area contributed by atoms with Crippen molar-refractivity contribution >= 4 is 17.7 Å². The van der Waals surface area contributed by atoms with E-state index in [0.29, 0.717) is 6.42 Å². The summed E-state index contributed by atoms with van der Waals surface area (Å²) in [6.07, 6.45) is 0.101. The zero-order chi connectivity index (χ0) is 18.5. The van der Waals surface area contributed by atoms with Gasteiger partial charge in [0.15, 0.2) is 0 Å². The highest BCUT2D eigenvalue weighted by atomic mass is 16.7. The number of fused-ring (bicyclic) bond motifs is 1. The molecule has 0 spiro atoms. The monoisotopic (exact) mass is 354 g/mol. The van der Waals surface area contributed by atoms with Crippen molar-refractivity contribution in [2.24, 2.45) is 5.92 Å². The van der Waals surface area contributed by atoms with E-state index >= 15 is 0 Å². The maximum Gasteiger partial charge on any atom is 0.414 e. The first-order valence-corrected chi connectivity index (χ1v) is 8.48. The van der Waals surface area contributed by atoms with E-state index in [2.05, 4.69) is 0 Å². The maximum absolute atomic E-state index is 12.7. The Bertz CT molecular complexity index is 778. The van der Waals surface area contributed by atoms with E-state index in [9.17, 15) is 9.59 Å². The highest BCUT2D eigenvalue weighted by molar-refractivity contribution is 5.91. The Morgan fingerprint density at radius 3 is 2.54 bits per heavy atom. The molecule has 2 amide bonds. The minimum atomic E-state index is -0.459. The lowest BCUT2D eigenvalue weighted by molar-refractivity contribution is -0.173. The van der Waals surface area contributed by atoms with Gasteiger partial charge in [-0.05, 0) is 23.6 Å². The second-order valence-corrected chi connectivity index (χ2v) is 6.20. The fraction of sp³-hybridized carbons (Fsp3) is 0.300. The van der Waals surface area contributed by atoms with Crippen LogP contribution >= 0.6 is 0 Å². The molecule has 0 N–H and O–H groups in total. The van der Waals surface area contributed by atoms with Gasteiger partial charge in [0.2, 0.25) is 0 Å². The molecule has 26 heavy (non-hydrogen) atoms. The average Bonchev–Trinajstić information content (AvgIpc) is 2.70. The van der Waals surface area contributed by atoms with E-state index in [1.54, 1.807) is 7.05 Å². The summed E-state index contributed by atoms with van der Waals surface area (Å²) in [5, 5.41) is 1.20. The molecule has 0 aliphatic carbocycles. The van der Waals surface area contributed by atoms with Crippen molar-refractivity contribution in [3.05, 3.63) is 65.7 Å². The number of carbonyl (C=O) groups excluding carboxylic acids is 2. The van der Waals surface area contributed by atoms with Gasteiger partial charge in [0, 0.05) is 13.6 Å². The van der Waals surface area contributed by atoms with Crippen molar-refractivity contribution in [2.45, 2.75) is 13.0 Å². The van der Waals surface area contributed by atoms with Crippen LogP contribution in [-0.4, -0.2) is 37.8 Å². The Balaban J connectivity index is 1.77. The Labute approximate surface area is 152 Å². The summed E-state index contributed by atoms with van der Waals surface area (Å²) in [6, 6.07) is 17.1. The molecule has 0 saturated carbocycles. The normalized spacial score (nSPS) is 15.9. The molecule has 0 aromatic heterocycles. The van der Waals surface area contributed by atoms with Gasteiger partial charge in [0.05, 0.1) is 18.7 Å². The molecule has 2 aromatic carbocycles. The Hall–Kier alpha value is -2.86. The fourth-order valence-electron chi connectivity index (χ4n) is 3.08. The average molecular weight is 354 g/mol. The maximum atomic E-state index is 12.7. The predicted octanol–water partition coefficient (Wildman–Crippen LogP) is 3.02. The lowest BCUT2D eigenvalue weighted by Crippen LogP contribution is -2.46. The van der Waals surface area contributed by atoms with Crippen molar-refractivity contribution in [3.8, 4) is 0 Å². The zero-order valence-electron chi connectivity index (χ0n) is 14.9.